The molecule has 0 aliphatic carbocycles. The van der Waals surface area contributed by atoms with E-state index in [1.165, 1.54) is 6.07 Å². The first-order chi connectivity index (χ1) is 15.0. The lowest BCUT2D eigenvalue weighted by atomic mass is 10.1. The first-order valence-electron chi connectivity index (χ1n) is 9.49. The van der Waals surface area contributed by atoms with Gasteiger partial charge in [-0.1, -0.05) is 23.7 Å². The quantitative estimate of drug-likeness (QED) is 0.525. The molecule has 7 nitrogen and oxygen atoms in total. The van der Waals surface area contributed by atoms with Crippen LogP contribution in [0.2, 0.25) is 5.02 Å². The number of anilines is 1. The molecule has 8 heteroatoms. The number of carbonyl (C=O) groups is 2. The smallest absolute Gasteiger partial charge is 0.338 e. The van der Waals surface area contributed by atoms with Gasteiger partial charge in [0.05, 0.1) is 28.4 Å². The molecule has 158 valence electrons. The number of amides is 1. The second-order valence-corrected chi connectivity index (χ2v) is 6.89. The molecular weight excluding hydrogens is 422 g/mol. The van der Waals surface area contributed by atoms with E-state index in [9.17, 15) is 9.59 Å². The molecule has 31 heavy (non-hydrogen) atoms. The van der Waals surface area contributed by atoms with Crippen molar-refractivity contribution < 1.29 is 28.5 Å². The van der Waals surface area contributed by atoms with Gasteiger partial charge in [0.2, 0.25) is 6.79 Å². The zero-order valence-electron chi connectivity index (χ0n) is 16.5. The average Bonchev–Trinajstić information content (AvgIpc) is 3.23. The monoisotopic (exact) mass is 439 g/mol. The van der Waals surface area contributed by atoms with Gasteiger partial charge in [0.15, 0.2) is 17.2 Å². The van der Waals surface area contributed by atoms with E-state index in [4.69, 9.17) is 30.5 Å². The van der Waals surface area contributed by atoms with Gasteiger partial charge in [-0.3, -0.25) is 4.79 Å². The molecule has 3 aromatic rings. The standard InChI is InChI=1S/C23H18ClNO6/c1-2-28-23(27)14-7-9-19(31-15-8-10-20-21(12-15)30-13-29-20)18(11-14)25-22(26)16-5-3-4-6-17(16)24/h3-12H,2,13H2,1H3,(H,25,26). The van der Waals surface area contributed by atoms with Crippen LogP contribution in [0, 0.1) is 0 Å². The molecule has 0 aromatic heterocycles. The normalized spacial score (nSPS) is 11.7. The van der Waals surface area contributed by atoms with Gasteiger partial charge in [0.1, 0.15) is 5.75 Å². The SMILES string of the molecule is CCOC(=O)c1ccc(Oc2ccc3c(c2)OCO3)c(NC(=O)c2ccccc2Cl)c1. The van der Waals surface area contributed by atoms with Crippen LogP contribution in [0.15, 0.2) is 60.7 Å². The van der Waals surface area contributed by atoms with E-state index in [0.29, 0.717) is 33.6 Å². The summed E-state index contributed by atoms with van der Waals surface area (Å²) >= 11 is 6.14. The molecule has 0 unspecified atom stereocenters. The molecule has 0 bridgehead atoms. The van der Waals surface area contributed by atoms with Crippen molar-refractivity contribution in [1.29, 1.82) is 0 Å². The van der Waals surface area contributed by atoms with Crippen LogP contribution in [0.4, 0.5) is 5.69 Å². The third-order valence-electron chi connectivity index (χ3n) is 4.43. The van der Waals surface area contributed by atoms with Crippen LogP contribution < -0.4 is 19.5 Å². The largest absolute Gasteiger partial charge is 0.462 e. The zero-order chi connectivity index (χ0) is 21.8. The number of benzene rings is 3. The molecule has 1 N–H and O–H groups in total. The van der Waals surface area contributed by atoms with E-state index in [-0.39, 0.29) is 24.7 Å². The Morgan fingerprint density at radius 3 is 2.65 bits per heavy atom. The van der Waals surface area contributed by atoms with Gasteiger partial charge in [-0.15, -0.1) is 0 Å². The van der Waals surface area contributed by atoms with Crippen LogP contribution in [0.3, 0.4) is 0 Å². The van der Waals surface area contributed by atoms with Crippen molar-refractivity contribution in [2.45, 2.75) is 6.92 Å². The molecule has 4 rings (SSSR count). The highest BCUT2D eigenvalue weighted by Crippen LogP contribution is 2.38. The van der Waals surface area contributed by atoms with Crippen molar-refractivity contribution in [2.24, 2.45) is 0 Å². The van der Waals surface area contributed by atoms with Gasteiger partial charge in [-0.05, 0) is 49.4 Å². The molecule has 3 aromatic carbocycles. The van der Waals surface area contributed by atoms with Gasteiger partial charge in [0.25, 0.3) is 5.91 Å². The molecule has 1 amide bonds. The lowest BCUT2D eigenvalue weighted by Gasteiger charge is -2.14. The number of rotatable bonds is 6. The first-order valence-corrected chi connectivity index (χ1v) is 9.87. The Bertz CT molecular complexity index is 1150. The Labute approximate surface area is 183 Å². The fourth-order valence-electron chi connectivity index (χ4n) is 2.96. The zero-order valence-corrected chi connectivity index (χ0v) is 17.3. The third-order valence-corrected chi connectivity index (χ3v) is 4.76. The van der Waals surface area contributed by atoms with Gasteiger partial charge in [-0.2, -0.15) is 0 Å². The average molecular weight is 440 g/mol. The number of nitrogens with one attached hydrogen (secondary N) is 1. The van der Waals surface area contributed by atoms with Crippen LogP contribution >= 0.6 is 11.6 Å². The molecule has 0 saturated carbocycles. The van der Waals surface area contributed by atoms with E-state index < -0.39 is 11.9 Å². The molecule has 0 saturated heterocycles. The first kappa shape index (κ1) is 20.6. The Morgan fingerprint density at radius 1 is 1.03 bits per heavy atom. The summed E-state index contributed by atoms with van der Waals surface area (Å²) in [4.78, 5) is 25.0. The highest BCUT2D eigenvalue weighted by atomic mass is 35.5. The van der Waals surface area contributed by atoms with Crippen molar-refractivity contribution in [3.8, 4) is 23.0 Å². The van der Waals surface area contributed by atoms with E-state index in [1.54, 1.807) is 61.5 Å². The second kappa shape index (κ2) is 8.97. The topological polar surface area (TPSA) is 83.1 Å². The predicted molar refractivity (Wildman–Crippen MR) is 114 cm³/mol. The summed E-state index contributed by atoms with van der Waals surface area (Å²) in [5, 5.41) is 3.07. The minimum absolute atomic E-state index is 0.145. The van der Waals surface area contributed by atoms with Crippen LogP contribution in [-0.4, -0.2) is 25.3 Å². The Morgan fingerprint density at radius 2 is 1.84 bits per heavy atom. The van der Waals surface area contributed by atoms with Crippen LogP contribution in [0.1, 0.15) is 27.6 Å². The number of ether oxygens (including phenoxy) is 4. The van der Waals surface area contributed by atoms with Crippen molar-refractivity contribution >= 4 is 29.2 Å². The van der Waals surface area contributed by atoms with Gasteiger partial charge in [-0.25, -0.2) is 4.79 Å². The van der Waals surface area contributed by atoms with Gasteiger partial charge < -0.3 is 24.3 Å². The summed E-state index contributed by atoms with van der Waals surface area (Å²) in [6.07, 6.45) is 0. The number of fused-ring (bicyclic) bond motifs is 1. The fourth-order valence-corrected chi connectivity index (χ4v) is 3.18. The summed E-state index contributed by atoms with van der Waals surface area (Å²) in [6.45, 7) is 2.09. The molecule has 1 aliphatic rings. The van der Waals surface area contributed by atoms with E-state index in [0.717, 1.165) is 0 Å². The summed E-state index contributed by atoms with van der Waals surface area (Å²) in [5.41, 5.74) is 0.849. The molecule has 0 fully saturated rings. The van der Waals surface area contributed by atoms with Crippen LogP contribution in [0.5, 0.6) is 23.0 Å². The molecule has 0 radical (unpaired) electrons. The maximum Gasteiger partial charge on any atom is 0.338 e. The number of esters is 1. The number of carbonyl (C=O) groups excluding carboxylic acids is 2. The van der Waals surface area contributed by atoms with Gasteiger partial charge >= 0.3 is 5.97 Å². The Hall–Kier alpha value is -3.71. The molecule has 1 aliphatic heterocycles. The van der Waals surface area contributed by atoms with E-state index in [1.807, 2.05) is 0 Å². The Kier molecular flexibility index (Phi) is 5.95. The van der Waals surface area contributed by atoms with Crippen LogP contribution in [0.25, 0.3) is 0 Å². The van der Waals surface area contributed by atoms with Gasteiger partial charge in [0, 0.05) is 6.07 Å². The Balaban J connectivity index is 1.66. The fraction of sp³-hybridized carbons (Fsp3) is 0.130. The van der Waals surface area contributed by atoms with Crippen LogP contribution in [-0.2, 0) is 4.74 Å². The molecule has 1 heterocycles. The highest BCUT2D eigenvalue weighted by Gasteiger charge is 2.18. The van der Waals surface area contributed by atoms with Crippen molar-refractivity contribution in [3.05, 3.63) is 76.8 Å². The second-order valence-electron chi connectivity index (χ2n) is 6.48. The molecule has 0 atom stereocenters. The summed E-state index contributed by atoms with van der Waals surface area (Å²) in [7, 11) is 0. The lowest BCUT2D eigenvalue weighted by Crippen LogP contribution is -2.14. The van der Waals surface area contributed by atoms with Crippen molar-refractivity contribution in [3.63, 3.8) is 0 Å². The molecule has 0 spiro atoms. The van der Waals surface area contributed by atoms with E-state index >= 15 is 0 Å². The highest BCUT2D eigenvalue weighted by molar-refractivity contribution is 6.34. The maximum absolute atomic E-state index is 12.8. The predicted octanol–water partition coefficient (Wildman–Crippen LogP) is 5.29. The van der Waals surface area contributed by atoms with Crippen molar-refractivity contribution in [2.75, 3.05) is 18.7 Å². The summed E-state index contributed by atoms with van der Waals surface area (Å²) in [6, 6.07) is 16.4. The summed E-state index contributed by atoms with van der Waals surface area (Å²) in [5.74, 6) is 1.03. The molecular formula is C23H18ClNO6. The maximum atomic E-state index is 12.8. The minimum Gasteiger partial charge on any atom is -0.462 e. The van der Waals surface area contributed by atoms with E-state index in [2.05, 4.69) is 5.32 Å². The minimum atomic E-state index is -0.509. The third kappa shape index (κ3) is 4.57. The summed E-state index contributed by atoms with van der Waals surface area (Å²) < 4.78 is 21.7. The number of hydrogen-bond acceptors (Lipinski definition) is 6. The lowest BCUT2D eigenvalue weighted by molar-refractivity contribution is 0.0526. The number of hydrogen-bond donors (Lipinski definition) is 1. The van der Waals surface area contributed by atoms with Crippen molar-refractivity contribution in [1.82, 2.24) is 0 Å². The number of halogens is 1.